The normalized spacial score (nSPS) is 24.6. The second-order valence-corrected chi connectivity index (χ2v) is 5.91. The summed E-state index contributed by atoms with van der Waals surface area (Å²) in [5.41, 5.74) is 3.42. The van der Waals surface area contributed by atoms with Crippen LogP contribution in [0, 0.1) is 12.8 Å². The zero-order valence-electron chi connectivity index (χ0n) is 12.2. The second-order valence-electron chi connectivity index (χ2n) is 5.91. The molecule has 1 saturated heterocycles. The highest BCUT2D eigenvalue weighted by atomic mass is 16.5. The lowest BCUT2D eigenvalue weighted by Crippen LogP contribution is -2.29. The lowest BCUT2D eigenvalue weighted by Gasteiger charge is -2.29. The van der Waals surface area contributed by atoms with Crippen LogP contribution in [0.4, 0.5) is 5.82 Å². The number of hydrogen-bond acceptors (Lipinski definition) is 4. The first-order valence-electron chi connectivity index (χ1n) is 7.65. The molecule has 2 aromatic rings. The van der Waals surface area contributed by atoms with E-state index in [0.29, 0.717) is 12.0 Å². The Bertz CT molecular complexity index is 631. The van der Waals surface area contributed by atoms with Gasteiger partial charge in [0.1, 0.15) is 5.82 Å². The molecule has 1 fully saturated rings. The largest absolute Gasteiger partial charge is 0.381 e. The monoisotopic (exact) mass is 284 g/mol. The number of rotatable bonds is 2. The Hall–Kier alpha value is -1.88. The standard InChI is InChI=1S/C16H20N4O/c1-11-15(12-2-6-17-7-3-12)19-20-14(4-8-18-16(11)20)13-5-9-21-10-13/h2-3,6-7,13-14,18H,4-5,8-10H2,1H3. The molecule has 0 spiro atoms. The van der Waals surface area contributed by atoms with E-state index in [0.717, 1.165) is 43.9 Å². The smallest absolute Gasteiger partial charge is 0.128 e. The number of fused-ring (bicyclic) bond motifs is 1. The van der Waals surface area contributed by atoms with Crippen LogP contribution < -0.4 is 5.32 Å². The van der Waals surface area contributed by atoms with E-state index < -0.39 is 0 Å². The quantitative estimate of drug-likeness (QED) is 0.921. The molecule has 5 heteroatoms. The van der Waals surface area contributed by atoms with Crippen molar-refractivity contribution in [2.24, 2.45) is 5.92 Å². The highest BCUT2D eigenvalue weighted by molar-refractivity contribution is 5.69. The van der Waals surface area contributed by atoms with Crippen molar-refractivity contribution in [2.75, 3.05) is 25.1 Å². The molecular formula is C16H20N4O. The molecule has 2 atom stereocenters. The Morgan fingerprint density at radius 2 is 2.14 bits per heavy atom. The highest BCUT2D eigenvalue weighted by Crippen LogP contribution is 2.38. The Labute approximate surface area is 124 Å². The number of ether oxygens (including phenoxy) is 1. The molecule has 4 heterocycles. The van der Waals surface area contributed by atoms with Gasteiger partial charge in [0.2, 0.25) is 0 Å². The maximum Gasteiger partial charge on any atom is 0.128 e. The minimum absolute atomic E-state index is 0.457. The molecule has 2 unspecified atom stereocenters. The molecule has 4 rings (SSSR count). The maximum absolute atomic E-state index is 5.58. The lowest BCUT2D eigenvalue weighted by molar-refractivity contribution is 0.167. The van der Waals surface area contributed by atoms with E-state index in [4.69, 9.17) is 9.84 Å². The van der Waals surface area contributed by atoms with Crippen LogP contribution in [-0.4, -0.2) is 34.5 Å². The van der Waals surface area contributed by atoms with Crippen LogP contribution in [0.1, 0.15) is 24.4 Å². The molecule has 2 aliphatic rings. The third kappa shape index (κ3) is 2.12. The van der Waals surface area contributed by atoms with Gasteiger partial charge in [0.25, 0.3) is 0 Å². The summed E-state index contributed by atoms with van der Waals surface area (Å²) in [4.78, 5) is 4.09. The third-order valence-corrected chi connectivity index (χ3v) is 4.66. The van der Waals surface area contributed by atoms with Crippen LogP contribution in [0.3, 0.4) is 0 Å². The molecule has 1 N–H and O–H groups in total. The van der Waals surface area contributed by atoms with Gasteiger partial charge in [-0.1, -0.05) is 0 Å². The Morgan fingerprint density at radius 1 is 1.29 bits per heavy atom. The van der Waals surface area contributed by atoms with E-state index in [9.17, 15) is 0 Å². The van der Waals surface area contributed by atoms with Gasteiger partial charge < -0.3 is 10.1 Å². The van der Waals surface area contributed by atoms with Gasteiger partial charge in [0, 0.05) is 42.6 Å². The van der Waals surface area contributed by atoms with Gasteiger partial charge >= 0.3 is 0 Å². The molecule has 0 bridgehead atoms. The van der Waals surface area contributed by atoms with Crippen LogP contribution in [0.25, 0.3) is 11.3 Å². The van der Waals surface area contributed by atoms with Crippen molar-refractivity contribution in [3.63, 3.8) is 0 Å². The van der Waals surface area contributed by atoms with E-state index in [2.05, 4.69) is 21.9 Å². The van der Waals surface area contributed by atoms with Crippen molar-refractivity contribution in [3.05, 3.63) is 30.1 Å². The number of anilines is 1. The third-order valence-electron chi connectivity index (χ3n) is 4.66. The first-order valence-corrected chi connectivity index (χ1v) is 7.65. The van der Waals surface area contributed by atoms with E-state index in [-0.39, 0.29) is 0 Å². The summed E-state index contributed by atoms with van der Waals surface area (Å²) in [5.74, 6) is 1.76. The van der Waals surface area contributed by atoms with Crippen molar-refractivity contribution in [2.45, 2.75) is 25.8 Å². The minimum Gasteiger partial charge on any atom is -0.381 e. The molecule has 110 valence electrons. The molecule has 21 heavy (non-hydrogen) atoms. The molecule has 0 aliphatic carbocycles. The molecule has 2 aromatic heterocycles. The lowest BCUT2D eigenvalue weighted by atomic mass is 9.95. The van der Waals surface area contributed by atoms with Crippen LogP contribution in [0.2, 0.25) is 0 Å². The van der Waals surface area contributed by atoms with E-state index in [1.165, 1.54) is 11.4 Å². The van der Waals surface area contributed by atoms with Crippen LogP contribution in [-0.2, 0) is 4.74 Å². The average molecular weight is 284 g/mol. The average Bonchev–Trinajstić information content (AvgIpc) is 3.17. The zero-order chi connectivity index (χ0) is 14.2. The highest BCUT2D eigenvalue weighted by Gasteiger charge is 2.33. The van der Waals surface area contributed by atoms with E-state index >= 15 is 0 Å². The van der Waals surface area contributed by atoms with Crippen molar-refractivity contribution in [1.82, 2.24) is 14.8 Å². The summed E-state index contributed by atoms with van der Waals surface area (Å²) in [7, 11) is 0. The number of hydrogen-bond donors (Lipinski definition) is 1. The predicted molar refractivity (Wildman–Crippen MR) is 81.3 cm³/mol. The van der Waals surface area contributed by atoms with Crippen LogP contribution >= 0.6 is 0 Å². The molecular weight excluding hydrogens is 264 g/mol. The summed E-state index contributed by atoms with van der Waals surface area (Å²) in [5, 5.41) is 8.44. The Morgan fingerprint density at radius 3 is 2.90 bits per heavy atom. The summed E-state index contributed by atoms with van der Waals surface area (Å²) < 4.78 is 7.78. The molecule has 2 aliphatic heterocycles. The number of pyridine rings is 1. The second kappa shape index (κ2) is 5.15. The zero-order valence-corrected chi connectivity index (χ0v) is 12.2. The van der Waals surface area contributed by atoms with Gasteiger partial charge in [0.05, 0.1) is 18.3 Å². The molecule has 0 amide bonds. The van der Waals surface area contributed by atoms with Crippen LogP contribution in [0.15, 0.2) is 24.5 Å². The number of aromatic nitrogens is 3. The molecule has 0 aromatic carbocycles. The van der Waals surface area contributed by atoms with Gasteiger partial charge in [0.15, 0.2) is 0 Å². The summed E-state index contributed by atoms with van der Waals surface area (Å²) in [6.07, 6.45) is 5.91. The van der Waals surface area contributed by atoms with E-state index in [1.54, 1.807) is 0 Å². The number of nitrogens with zero attached hydrogens (tertiary/aromatic N) is 3. The van der Waals surface area contributed by atoms with Gasteiger partial charge in [-0.2, -0.15) is 5.10 Å². The number of nitrogens with one attached hydrogen (secondary N) is 1. The minimum atomic E-state index is 0.457. The molecule has 0 saturated carbocycles. The first-order chi connectivity index (χ1) is 10.3. The van der Waals surface area contributed by atoms with Crippen molar-refractivity contribution in [1.29, 1.82) is 0 Å². The maximum atomic E-state index is 5.58. The fourth-order valence-electron chi connectivity index (χ4n) is 3.51. The Balaban J connectivity index is 1.76. The summed E-state index contributed by atoms with van der Waals surface area (Å²) in [6, 6.07) is 4.50. The summed E-state index contributed by atoms with van der Waals surface area (Å²) >= 11 is 0. The Kier molecular flexibility index (Phi) is 3.15. The predicted octanol–water partition coefficient (Wildman–Crippen LogP) is 2.65. The molecule has 5 nitrogen and oxygen atoms in total. The first kappa shape index (κ1) is 12.8. The van der Waals surface area contributed by atoms with Crippen molar-refractivity contribution < 1.29 is 4.74 Å². The SMILES string of the molecule is Cc1c(-c2ccncc2)nn2c1NCCC2C1CCOC1. The van der Waals surface area contributed by atoms with Crippen molar-refractivity contribution in [3.8, 4) is 11.3 Å². The van der Waals surface area contributed by atoms with Crippen molar-refractivity contribution >= 4 is 5.82 Å². The van der Waals surface area contributed by atoms with E-state index in [1.807, 2.05) is 24.5 Å². The van der Waals surface area contributed by atoms with Gasteiger partial charge in [-0.3, -0.25) is 4.98 Å². The summed E-state index contributed by atoms with van der Waals surface area (Å²) in [6.45, 7) is 4.92. The van der Waals surface area contributed by atoms with Gasteiger partial charge in [-0.05, 0) is 31.9 Å². The van der Waals surface area contributed by atoms with Crippen LogP contribution in [0.5, 0.6) is 0 Å². The molecule has 0 radical (unpaired) electrons. The fourth-order valence-corrected chi connectivity index (χ4v) is 3.51. The van der Waals surface area contributed by atoms with Gasteiger partial charge in [-0.25, -0.2) is 4.68 Å². The fraction of sp³-hybridized carbons (Fsp3) is 0.500. The topological polar surface area (TPSA) is 52.0 Å². The van der Waals surface area contributed by atoms with Gasteiger partial charge in [-0.15, -0.1) is 0 Å².